The molecular formula is C15H9FO5. The molecule has 2 aromatic heterocycles. The zero-order chi connectivity index (χ0) is 15.0. The van der Waals surface area contributed by atoms with Crippen molar-refractivity contribution in [3.05, 3.63) is 58.2 Å². The number of hydrogen-bond donors (Lipinski definition) is 0. The lowest BCUT2D eigenvalue weighted by Gasteiger charge is -2.06. The molecule has 0 saturated heterocycles. The van der Waals surface area contributed by atoms with Crippen molar-refractivity contribution in [2.45, 2.75) is 0 Å². The largest absolute Gasteiger partial charge is 0.465 e. The van der Waals surface area contributed by atoms with Gasteiger partial charge in [-0.1, -0.05) is 0 Å². The number of benzene rings is 1. The average Bonchev–Trinajstić information content (AvgIpc) is 3.00. The molecule has 3 rings (SSSR count). The second-order valence-corrected chi connectivity index (χ2v) is 4.24. The van der Waals surface area contributed by atoms with Crippen LogP contribution in [0.1, 0.15) is 10.4 Å². The van der Waals surface area contributed by atoms with Crippen molar-refractivity contribution in [2.24, 2.45) is 0 Å². The summed E-state index contributed by atoms with van der Waals surface area (Å²) in [6.07, 6.45) is 1.37. The van der Waals surface area contributed by atoms with Crippen LogP contribution in [-0.2, 0) is 4.74 Å². The van der Waals surface area contributed by atoms with Gasteiger partial charge in [0.2, 0.25) is 5.43 Å². The first-order valence-electron chi connectivity index (χ1n) is 6.00. The predicted molar refractivity (Wildman–Crippen MR) is 71.5 cm³/mol. The first-order valence-corrected chi connectivity index (χ1v) is 6.00. The lowest BCUT2D eigenvalue weighted by molar-refractivity contribution is 0.0598. The molecular weight excluding hydrogens is 279 g/mol. The number of carbonyl (C=O) groups excluding carboxylic acids is 1. The van der Waals surface area contributed by atoms with Gasteiger partial charge in [-0.15, -0.1) is 0 Å². The van der Waals surface area contributed by atoms with Gasteiger partial charge in [0, 0.05) is 6.07 Å². The molecule has 0 aliphatic rings. The summed E-state index contributed by atoms with van der Waals surface area (Å²) >= 11 is 0. The fraction of sp³-hybridized carbons (Fsp3) is 0.0667. The normalized spacial score (nSPS) is 10.8. The molecule has 0 N–H and O–H groups in total. The Morgan fingerprint density at radius 1 is 1.29 bits per heavy atom. The highest BCUT2D eigenvalue weighted by Gasteiger charge is 2.24. The van der Waals surface area contributed by atoms with Crippen molar-refractivity contribution in [3.8, 4) is 11.5 Å². The van der Waals surface area contributed by atoms with Crippen LogP contribution in [0.25, 0.3) is 22.5 Å². The van der Waals surface area contributed by atoms with Gasteiger partial charge < -0.3 is 13.6 Å². The van der Waals surface area contributed by atoms with Crippen molar-refractivity contribution in [2.75, 3.05) is 7.11 Å². The predicted octanol–water partition coefficient (Wildman–Crippen LogP) is 2.98. The molecule has 0 unspecified atom stereocenters. The zero-order valence-corrected chi connectivity index (χ0v) is 10.9. The van der Waals surface area contributed by atoms with Gasteiger partial charge in [-0.2, -0.15) is 0 Å². The van der Waals surface area contributed by atoms with Gasteiger partial charge >= 0.3 is 5.97 Å². The summed E-state index contributed by atoms with van der Waals surface area (Å²) in [6.45, 7) is 0. The van der Waals surface area contributed by atoms with Gasteiger partial charge in [-0.05, 0) is 24.3 Å². The van der Waals surface area contributed by atoms with Gasteiger partial charge in [0.25, 0.3) is 0 Å². The van der Waals surface area contributed by atoms with Crippen LogP contribution in [0, 0.1) is 5.82 Å². The highest BCUT2D eigenvalue weighted by Crippen LogP contribution is 2.27. The van der Waals surface area contributed by atoms with Crippen molar-refractivity contribution < 1.29 is 22.8 Å². The van der Waals surface area contributed by atoms with Crippen LogP contribution in [0.3, 0.4) is 0 Å². The van der Waals surface area contributed by atoms with Crippen LogP contribution in [0.5, 0.6) is 0 Å². The molecule has 0 spiro atoms. The van der Waals surface area contributed by atoms with Crippen molar-refractivity contribution in [1.29, 1.82) is 0 Å². The highest BCUT2D eigenvalue weighted by molar-refractivity contribution is 5.98. The van der Waals surface area contributed by atoms with Crippen LogP contribution < -0.4 is 5.43 Å². The van der Waals surface area contributed by atoms with Gasteiger partial charge in [-0.3, -0.25) is 4.79 Å². The maximum Gasteiger partial charge on any atom is 0.345 e. The SMILES string of the molecule is COC(=O)c1c(-c2ccco2)oc2cc(F)ccc2c1=O. The number of ether oxygens (including phenoxy) is 1. The Morgan fingerprint density at radius 2 is 2.10 bits per heavy atom. The average molecular weight is 288 g/mol. The highest BCUT2D eigenvalue weighted by atomic mass is 19.1. The molecule has 106 valence electrons. The maximum atomic E-state index is 13.3. The van der Waals surface area contributed by atoms with E-state index in [-0.39, 0.29) is 28.1 Å². The summed E-state index contributed by atoms with van der Waals surface area (Å²) < 4.78 is 28.5. The monoisotopic (exact) mass is 288 g/mol. The molecule has 0 aliphatic carbocycles. The molecule has 0 bridgehead atoms. The molecule has 0 radical (unpaired) electrons. The summed E-state index contributed by atoms with van der Waals surface area (Å²) in [5.41, 5.74) is -0.861. The Bertz CT molecular complexity index is 877. The number of halogens is 1. The lowest BCUT2D eigenvalue weighted by atomic mass is 10.1. The second kappa shape index (κ2) is 4.90. The lowest BCUT2D eigenvalue weighted by Crippen LogP contribution is -2.18. The molecule has 0 atom stereocenters. The number of fused-ring (bicyclic) bond motifs is 1. The van der Waals surface area contributed by atoms with E-state index in [0.717, 1.165) is 19.2 Å². The molecule has 5 nitrogen and oxygen atoms in total. The molecule has 2 heterocycles. The van der Waals surface area contributed by atoms with Gasteiger partial charge in [0.05, 0.1) is 18.8 Å². The van der Waals surface area contributed by atoms with E-state index in [1.165, 1.54) is 18.4 Å². The summed E-state index contributed by atoms with van der Waals surface area (Å²) in [7, 11) is 1.16. The number of furan rings is 1. The smallest absolute Gasteiger partial charge is 0.345 e. The Kier molecular flexibility index (Phi) is 3.06. The van der Waals surface area contributed by atoms with E-state index in [2.05, 4.69) is 4.74 Å². The van der Waals surface area contributed by atoms with Crippen molar-refractivity contribution >= 4 is 16.9 Å². The van der Waals surface area contributed by atoms with E-state index in [1.807, 2.05) is 0 Å². The van der Waals surface area contributed by atoms with Crippen LogP contribution in [0.15, 0.2) is 50.2 Å². The van der Waals surface area contributed by atoms with Crippen LogP contribution in [0.2, 0.25) is 0 Å². The van der Waals surface area contributed by atoms with Crippen LogP contribution in [0.4, 0.5) is 4.39 Å². The molecule has 0 aliphatic heterocycles. The Hall–Kier alpha value is -2.89. The molecule has 1 aromatic carbocycles. The summed E-state index contributed by atoms with van der Waals surface area (Å²) in [5.74, 6) is -1.31. The quantitative estimate of drug-likeness (QED) is 0.678. The van der Waals surface area contributed by atoms with Crippen molar-refractivity contribution in [3.63, 3.8) is 0 Å². The topological polar surface area (TPSA) is 69.7 Å². The molecule has 21 heavy (non-hydrogen) atoms. The van der Waals surface area contributed by atoms with Gasteiger partial charge in [0.15, 0.2) is 17.1 Å². The second-order valence-electron chi connectivity index (χ2n) is 4.24. The standard InChI is InChI=1S/C15H9FO5/c1-19-15(18)12-13(17)9-5-4-8(16)7-11(9)21-14(12)10-3-2-6-20-10/h2-7H,1H3. The maximum absolute atomic E-state index is 13.3. The van der Waals surface area contributed by atoms with Crippen molar-refractivity contribution in [1.82, 2.24) is 0 Å². The summed E-state index contributed by atoms with van der Waals surface area (Å²) in [4.78, 5) is 24.3. The zero-order valence-electron chi connectivity index (χ0n) is 10.9. The number of carbonyl (C=O) groups is 1. The summed E-state index contributed by atoms with van der Waals surface area (Å²) in [6, 6.07) is 6.55. The van der Waals surface area contributed by atoms with E-state index >= 15 is 0 Å². The molecule has 6 heteroatoms. The number of methoxy groups -OCH3 is 1. The van der Waals surface area contributed by atoms with Crippen LogP contribution >= 0.6 is 0 Å². The third-order valence-electron chi connectivity index (χ3n) is 2.99. The first kappa shape index (κ1) is 13.1. The minimum atomic E-state index is -0.846. The van der Waals surface area contributed by atoms with E-state index in [9.17, 15) is 14.0 Å². The number of rotatable bonds is 2. The van der Waals surface area contributed by atoms with Gasteiger partial charge in [0.1, 0.15) is 11.4 Å². The Labute approximate surface area is 117 Å². The third kappa shape index (κ3) is 2.10. The Balaban J connectivity index is 2.43. The third-order valence-corrected chi connectivity index (χ3v) is 2.99. The number of hydrogen-bond acceptors (Lipinski definition) is 5. The minimum absolute atomic E-state index is 0.0269. The van der Waals surface area contributed by atoms with E-state index < -0.39 is 17.2 Å². The molecule has 0 amide bonds. The molecule has 0 fully saturated rings. The fourth-order valence-electron chi connectivity index (χ4n) is 2.04. The Morgan fingerprint density at radius 3 is 2.76 bits per heavy atom. The van der Waals surface area contributed by atoms with Crippen LogP contribution in [-0.4, -0.2) is 13.1 Å². The minimum Gasteiger partial charge on any atom is -0.465 e. The summed E-state index contributed by atoms with van der Waals surface area (Å²) in [5, 5.41) is 0.0899. The van der Waals surface area contributed by atoms with Gasteiger partial charge in [-0.25, -0.2) is 9.18 Å². The van der Waals surface area contributed by atoms with E-state index in [4.69, 9.17) is 8.83 Å². The van der Waals surface area contributed by atoms with E-state index in [1.54, 1.807) is 6.07 Å². The number of esters is 1. The van der Waals surface area contributed by atoms with E-state index in [0.29, 0.717) is 0 Å². The first-order chi connectivity index (χ1) is 10.1. The molecule has 0 saturated carbocycles. The molecule has 3 aromatic rings. The fourth-order valence-corrected chi connectivity index (χ4v) is 2.04.